The van der Waals surface area contributed by atoms with Crippen LogP contribution in [0.15, 0.2) is 18.2 Å². The standard InChI is InChI=1S/C18H22N2O/c19-13-20(17-8-2-1-3-9-17)18(21)16-11-10-14-6-4-5-7-15(14)12-16/h6-7,10-13,17,19H,1-5,8-9H2. The third kappa shape index (κ3) is 2.92. The van der Waals surface area contributed by atoms with Crippen molar-refractivity contribution in [2.75, 3.05) is 0 Å². The van der Waals surface area contributed by atoms with Crippen LogP contribution in [0.25, 0.3) is 12.2 Å². The Hall–Kier alpha value is -1.90. The molecule has 2 aliphatic rings. The van der Waals surface area contributed by atoms with Gasteiger partial charge in [0.2, 0.25) is 0 Å². The second-order valence-electron chi connectivity index (χ2n) is 5.96. The van der Waals surface area contributed by atoms with Crippen molar-refractivity contribution in [3.05, 3.63) is 34.2 Å². The fourth-order valence-electron chi connectivity index (χ4n) is 3.39. The van der Waals surface area contributed by atoms with Crippen LogP contribution in [-0.4, -0.2) is 23.2 Å². The van der Waals surface area contributed by atoms with Crippen molar-refractivity contribution in [2.24, 2.45) is 0 Å². The van der Waals surface area contributed by atoms with Gasteiger partial charge in [-0.1, -0.05) is 37.5 Å². The van der Waals surface area contributed by atoms with E-state index in [1.165, 1.54) is 18.0 Å². The number of benzene rings is 1. The smallest absolute Gasteiger partial charge is 0.259 e. The lowest BCUT2D eigenvalue weighted by atomic mass is 9.94. The van der Waals surface area contributed by atoms with E-state index in [-0.39, 0.29) is 11.9 Å². The molecule has 0 bridgehead atoms. The molecule has 0 atom stereocenters. The van der Waals surface area contributed by atoms with E-state index in [1.54, 1.807) is 4.90 Å². The maximum Gasteiger partial charge on any atom is 0.259 e. The Bertz CT molecular complexity index is 656. The number of carbonyl (C=O) groups excluding carboxylic acids is 1. The van der Waals surface area contributed by atoms with Gasteiger partial charge < -0.3 is 0 Å². The summed E-state index contributed by atoms with van der Waals surface area (Å²) in [7, 11) is 0. The Morgan fingerprint density at radius 1 is 1.10 bits per heavy atom. The number of carbonyl (C=O) groups is 1. The van der Waals surface area contributed by atoms with E-state index >= 15 is 0 Å². The summed E-state index contributed by atoms with van der Waals surface area (Å²) in [5.41, 5.74) is 0.703. The molecule has 0 aromatic heterocycles. The van der Waals surface area contributed by atoms with E-state index in [1.807, 2.05) is 18.2 Å². The van der Waals surface area contributed by atoms with Crippen molar-refractivity contribution in [3.8, 4) is 0 Å². The molecule has 1 fully saturated rings. The van der Waals surface area contributed by atoms with Gasteiger partial charge in [0.25, 0.3) is 5.91 Å². The summed E-state index contributed by atoms with van der Waals surface area (Å²) >= 11 is 0. The second kappa shape index (κ2) is 6.25. The van der Waals surface area contributed by atoms with E-state index in [2.05, 4.69) is 12.2 Å². The minimum atomic E-state index is -0.0290. The zero-order valence-corrected chi connectivity index (χ0v) is 12.3. The summed E-state index contributed by atoms with van der Waals surface area (Å²) < 4.78 is 0. The molecule has 1 aromatic rings. The first kappa shape index (κ1) is 14.1. The molecule has 0 unspecified atom stereocenters. The van der Waals surface area contributed by atoms with Gasteiger partial charge in [-0.2, -0.15) is 0 Å². The molecule has 1 aromatic carbocycles. The molecule has 3 rings (SSSR count). The Morgan fingerprint density at radius 3 is 2.52 bits per heavy atom. The lowest BCUT2D eigenvalue weighted by molar-refractivity contribution is 0.0783. The molecule has 1 N–H and O–H groups in total. The van der Waals surface area contributed by atoms with Crippen molar-refractivity contribution in [1.29, 1.82) is 5.41 Å². The molecule has 0 saturated heterocycles. The highest BCUT2D eigenvalue weighted by molar-refractivity contribution is 6.00. The van der Waals surface area contributed by atoms with E-state index in [9.17, 15) is 4.79 Å². The zero-order valence-electron chi connectivity index (χ0n) is 12.3. The van der Waals surface area contributed by atoms with Gasteiger partial charge in [-0.25, -0.2) is 0 Å². The van der Waals surface area contributed by atoms with E-state index < -0.39 is 0 Å². The topological polar surface area (TPSA) is 44.2 Å². The Labute approximate surface area is 125 Å². The molecule has 3 heteroatoms. The van der Waals surface area contributed by atoms with Gasteiger partial charge in [0, 0.05) is 11.6 Å². The average Bonchev–Trinajstić information content (AvgIpc) is 2.56. The Kier molecular flexibility index (Phi) is 4.18. The second-order valence-corrected chi connectivity index (χ2v) is 5.96. The van der Waals surface area contributed by atoms with Crippen LogP contribution in [0, 0.1) is 5.41 Å². The van der Waals surface area contributed by atoms with Gasteiger partial charge >= 0.3 is 0 Å². The Morgan fingerprint density at radius 2 is 1.81 bits per heavy atom. The minimum absolute atomic E-state index is 0.0290. The summed E-state index contributed by atoms with van der Waals surface area (Å²) in [6.45, 7) is 0. The van der Waals surface area contributed by atoms with E-state index in [0.29, 0.717) is 5.56 Å². The lowest BCUT2D eigenvalue weighted by Gasteiger charge is -2.30. The lowest BCUT2D eigenvalue weighted by Crippen LogP contribution is -2.41. The number of nitrogens with zero attached hydrogens (tertiary/aromatic N) is 1. The zero-order chi connectivity index (χ0) is 14.7. The predicted octanol–water partition coefficient (Wildman–Crippen LogP) is 2.42. The summed E-state index contributed by atoms with van der Waals surface area (Å²) in [6.07, 6.45) is 13.4. The molecule has 110 valence electrons. The van der Waals surface area contributed by atoms with Gasteiger partial charge in [-0.15, -0.1) is 0 Å². The first-order valence-electron chi connectivity index (χ1n) is 7.93. The molecule has 2 aliphatic carbocycles. The molecular formula is C18H22N2O. The van der Waals surface area contributed by atoms with Crippen LogP contribution in [0.3, 0.4) is 0 Å². The number of hydrogen-bond acceptors (Lipinski definition) is 2. The fourth-order valence-corrected chi connectivity index (χ4v) is 3.39. The summed E-state index contributed by atoms with van der Waals surface area (Å²) in [6, 6.07) is 6.11. The summed E-state index contributed by atoms with van der Waals surface area (Å²) in [5.74, 6) is -0.0290. The normalized spacial score (nSPS) is 18.1. The maximum absolute atomic E-state index is 12.7. The molecule has 21 heavy (non-hydrogen) atoms. The van der Waals surface area contributed by atoms with E-state index in [0.717, 1.165) is 43.7 Å². The van der Waals surface area contributed by atoms with Gasteiger partial charge in [-0.3, -0.25) is 15.1 Å². The third-order valence-electron chi connectivity index (χ3n) is 4.57. The minimum Gasteiger partial charge on any atom is -0.296 e. The third-order valence-corrected chi connectivity index (χ3v) is 4.57. The Balaban J connectivity index is 1.88. The van der Waals surface area contributed by atoms with Crippen molar-refractivity contribution in [1.82, 2.24) is 4.90 Å². The molecule has 1 saturated carbocycles. The predicted molar refractivity (Wildman–Crippen MR) is 85.7 cm³/mol. The van der Waals surface area contributed by atoms with Crippen LogP contribution in [0.2, 0.25) is 0 Å². The van der Waals surface area contributed by atoms with Crippen LogP contribution >= 0.6 is 0 Å². The molecular weight excluding hydrogens is 260 g/mol. The number of amides is 1. The summed E-state index contributed by atoms with van der Waals surface area (Å²) in [4.78, 5) is 14.3. The van der Waals surface area contributed by atoms with Crippen LogP contribution in [0.1, 0.15) is 55.3 Å². The van der Waals surface area contributed by atoms with Gasteiger partial charge in [-0.05, 0) is 48.3 Å². The molecule has 1 amide bonds. The summed E-state index contributed by atoms with van der Waals surface area (Å²) in [5, 5.41) is 10.0. The largest absolute Gasteiger partial charge is 0.296 e. The van der Waals surface area contributed by atoms with E-state index in [4.69, 9.17) is 5.41 Å². The highest BCUT2D eigenvalue weighted by Crippen LogP contribution is 2.22. The monoisotopic (exact) mass is 282 g/mol. The number of nitrogens with one attached hydrogen (secondary N) is 1. The van der Waals surface area contributed by atoms with Crippen molar-refractivity contribution in [3.63, 3.8) is 0 Å². The molecule has 3 nitrogen and oxygen atoms in total. The maximum atomic E-state index is 12.7. The van der Waals surface area contributed by atoms with Gasteiger partial charge in [0.05, 0.1) is 6.34 Å². The molecule has 0 radical (unpaired) electrons. The van der Waals surface area contributed by atoms with Crippen molar-refractivity contribution in [2.45, 2.75) is 51.0 Å². The molecule has 0 spiro atoms. The quantitative estimate of drug-likeness (QED) is 0.671. The molecule has 0 heterocycles. The number of hydrogen-bond donors (Lipinski definition) is 1. The SMILES string of the molecule is N=CN(C(=O)c1ccc2c(c1)=CCCC=2)C1CCCCC1. The first-order valence-corrected chi connectivity index (χ1v) is 7.93. The van der Waals surface area contributed by atoms with Crippen LogP contribution in [-0.2, 0) is 0 Å². The van der Waals surface area contributed by atoms with Crippen molar-refractivity contribution >= 4 is 24.4 Å². The first-order chi connectivity index (χ1) is 10.3. The van der Waals surface area contributed by atoms with Crippen molar-refractivity contribution < 1.29 is 4.79 Å². The average molecular weight is 282 g/mol. The highest BCUT2D eigenvalue weighted by atomic mass is 16.2. The fraction of sp³-hybridized carbons (Fsp3) is 0.444. The van der Waals surface area contributed by atoms with Gasteiger partial charge in [0.1, 0.15) is 0 Å². The highest BCUT2D eigenvalue weighted by Gasteiger charge is 2.24. The van der Waals surface area contributed by atoms with Crippen LogP contribution in [0.4, 0.5) is 0 Å². The van der Waals surface area contributed by atoms with Crippen LogP contribution in [0.5, 0.6) is 0 Å². The van der Waals surface area contributed by atoms with Crippen LogP contribution < -0.4 is 10.4 Å². The van der Waals surface area contributed by atoms with Gasteiger partial charge in [0.15, 0.2) is 0 Å². The molecule has 0 aliphatic heterocycles. The number of fused-ring (bicyclic) bond motifs is 1. The number of rotatable bonds is 3.